The third-order valence-corrected chi connectivity index (χ3v) is 6.23. The number of benzene rings is 1. The Hall–Kier alpha value is -3.38. The molecule has 1 fully saturated rings. The highest BCUT2D eigenvalue weighted by molar-refractivity contribution is 7.79. The highest BCUT2D eigenvalue weighted by Gasteiger charge is 2.22. The summed E-state index contributed by atoms with van der Waals surface area (Å²) in [6.45, 7) is 2.98. The maximum absolute atomic E-state index is 13.1. The summed E-state index contributed by atoms with van der Waals surface area (Å²) in [6, 6.07) is 10.1. The van der Waals surface area contributed by atoms with Crippen molar-refractivity contribution in [1.29, 1.82) is 0 Å². The van der Waals surface area contributed by atoms with Crippen LogP contribution in [0.25, 0.3) is 16.9 Å². The molecule has 11 heteroatoms. The molecule has 5 rings (SSSR count). The second-order valence-corrected chi connectivity index (χ2v) is 8.47. The van der Waals surface area contributed by atoms with E-state index in [1.807, 2.05) is 12.2 Å². The fourth-order valence-electron chi connectivity index (χ4n) is 3.85. The molecule has 2 unspecified atom stereocenters. The zero-order valence-electron chi connectivity index (χ0n) is 17.5. The minimum atomic E-state index is -2.17. The van der Waals surface area contributed by atoms with Gasteiger partial charge in [-0.2, -0.15) is 5.10 Å². The fraction of sp³-hybridized carbons (Fsp3) is 0.227. The van der Waals surface area contributed by atoms with Crippen LogP contribution in [0, 0.1) is 0 Å². The molecule has 2 atom stereocenters. The number of amides is 1. The Bertz CT molecular complexity index is 1280. The molecule has 4 heterocycles. The molecule has 2 aliphatic rings. The Morgan fingerprint density at radius 1 is 1.21 bits per heavy atom. The quantitative estimate of drug-likeness (QED) is 0.482. The van der Waals surface area contributed by atoms with E-state index >= 15 is 0 Å². The topological polar surface area (TPSA) is 121 Å². The summed E-state index contributed by atoms with van der Waals surface area (Å²) in [5.74, 6) is 0.201. The molecule has 0 saturated carbocycles. The first-order valence-electron chi connectivity index (χ1n) is 10.4. The fourth-order valence-corrected chi connectivity index (χ4v) is 4.40. The van der Waals surface area contributed by atoms with Crippen molar-refractivity contribution in [1.82, 2.24) is 30.1 Å². The molecule has 2 aliphatic heterocycles. The molecule has 0 spiro atoms. The number of aromatic nitrogens is 3. The SMILES string of the molecule is O=C(NC1=CC=CC(N2CCOCC2)N1)c1cnc2ccc(-c3ccccc3S(=O)O)nn12. The number of fused-ring (bicyclic) bond motifs is 1. The average molecular weight is 467 g/mol. The molecule has 0 radical (unpaired) electrons. The van der Waals surface area contributed by atoms with Gasteiger partial charge in [0.25, 0.3) is 5.91 Å². The lowest BCUT2D eigenvalue weighted by Gasteiger charge is -2.35. The number of morpholine rings is 1. The predicted molar refractivity (Wildman–Crippen MR) is 121 cm³/mol. The van der Waals surface area contributed by atoms with Gasteiger partial charge in [0.05, 0.1) is 30.0 Å². The average Bonchev–Trinajstić information content (AvgIpc) is 3.28. The van der Waals surface area contributed by atoms with Crippen LogP contribution in [0.15, 0.2) is 71.5 Å². The molecular weight excluding hydrogens is 444 g/mol. The van der Waals surface area contributed by atoms with Crippen LogP contribution < -0.4 is 10.6 Å². The van der Waals surface area contributed by atoms with Gasteiger partial charge in [0.2, 0.25) is 0 Å². The number of carbonyl (C=O) groups excluding carboxylic acids is 1. The molecule has 3 N–H and O–H groups in total. The van der Waals surface area contributed by atoms with Crippen molar-refractivity contribution in [3.63, 3.8) is 0 Å². The normalized spacial score (nSPS) is 19.7. The molecule has 10 nitrogen and oxygen atoms in total. The molecule has 2 aromatic heterocycles. The molecule has 1 aromatic carbocycles. The van der Waals surface area contributed by atoms with E-state index in [9.17, 15) is 13.6 Å². The van der Waals surface area contributed by atoms with Crippen molar-refractivity contribution in [2.45, 2.75) is 11.1 Å². The van der Waals surface area contributed by atoms with Crippen molar-refractivity contribution in [3.05, 3.63) is 72.3 Å². The van der Waals surface area contributed by atoms with E-state index < -0.39 is 11.1 Å². The second kappa shape index (κ2) is 9.24. The van der Waals surface area contributed by atoms with Gasteiger partial charge in [0, 0.05) is 18.7 Å². The minimum Gasteiger partial charge on any atom is -0.379 e. The number of ether oxygens (including phenoxy) is 1. The summed E-state index contributed by atoms with van der Waals surface area (Å²) >= 11 is -2.17. The Morgan fingerprint density at radius 3 is 2.85 bits per heavy atom. The maximum atomic E-state index is 13.1. The van der Waals surface area contributed by atoms with Gasteiger partial charge in [-0.1, -0.05) is 24.3 Å². The van der Waals surface area contributed by atoms with Crippen LogP contribution in [0.2, 0.25) is 0 Å². The van der Waals surface area contributed by atoms with Crippen LogP contribution >= 0.6 is 0 Å². The molecule has 0 bridgehead atoms. The highest BCUT2D eigenvalue weighted by atomic mass is 32.2. The van der Waals surface area contributed by atoms with Crippen molar-refractivity contribution in [2.24, 2.45) is 0 Å². The van der Waals surface area contributed by atoms with Crippen molar-refractivity contribution in [2.75, 3.05) is 26.3 Å². The molecule has 33 heavy (non-hydrogen) atoms. The number of carbonyl (C=O) groups is 1. The van der Waals surface area contributed by atoms with Crippen LogP contribution in [-0.4, -0.2) is 66.6 Å². The number of imidazole rings is 1. The third kappa shape index (κ3) is 4.44. The zero-order chi connectivity index (χ0) is 22.8. The predicted octanol–water partition coefficient (Wildman–Crippen LogP) is 1.37. The lowest BCUT2D eigenvalue weighted by molar-refractivity contribution is 0.0206. The van der Waals surface area contributed by atoms with Crippen LogP contribution in [-0.2, 0) is 15.8 Å². The number of nitrogens with one attached hydrogen (secondary N) is 2. The Kier molecular flexibility index (Phi) is 6.01. The maximum Gasteiger partial charge on any atom is 0.277 e. The molecular formula is C22H22N6O4S. The van der Waals surface area contributed by atoms with Gasteiger partial charge in [-0.25, -0.2) is 13.7 Å². The summed E-state index contributed by atoms with van der Waals surface area (Å²) in [7, 11) is 0. The van der Waals surface area contributed by atoms with Crippen LogP contribution in [0.1, 0.15) is 10.5 Å². The summed E-state index contributed by atoms with van der Waals surface area (Å²) in [5.41, 5.74) is 1.70. The van der Waals surface area contributed by atoms with Crippen molar-refractivity contribution in [3.8, 4) is 11.3 Å². The van der Waals surface area contributed by atoms with Gasteiger partial charge in [-0.3, -0.25) is 9.69 Å². The first kappa shape index (κ1) is 21.5. The van der Waals surface area contributed by atoms with Gasteiger partial charge in [-0.05, 0) is 30.4 Å². The minimum absolute atomic E-state index is 0.0306. The van der Waals surface area contributed by atoms with Gasteiger partial charge >= 0.3 is 0 Å². The number of dihydropyridines is 1. The Morgan fingerprint density at radius 2 is 2.03 bits per heavy atom. The van der Waals surface area contributed by atoms with E-state index in [0.717, 1.165) is 13.1 Å². The van der Waals surface area contributed by atoms with Crippen molar-refractivity contribution >= 4 is 22.6 Å². The zero-order valence-corrected chi connectivity index (χ0v) is 18.4. The number of allylic oxidation sites excluding steroid dienone is 2. The molecule has 170 valence electrons. The number of rotatable bonds is 5. The van der Waals surface area contributed by atoms with Gasteiger partial charge < -0.3 is 19.9 Å². The summed E-state index contributed by atoms with van der Waals surface area (Å²) < 4.78 is 28.2. The van der Waals surface area contributed by atoms with E-state index in [1.54, 1.807) is 42.5 Å². The highest BCUT2D eigenvalue weighted by Crippen LogP contribution is 2.24. The van der Waals surface area contributed by atoms with E-state index in [1.165, 1.54) is 10.7 Å². The van der Waals surface area contributed by atoms with Gasteiger partial charge in [-0.15, -0.1) is 0 Å². The number of hydrogen-bond donors (Lipinski definition) is 3. The van der Waals surface area contributed by atoms with Crippen molar-refractivity contribution < 1.29 is 18.3 Å². The molecule has 0 aliphatic carbocycles. The summed E-state index contributed by atoms with van der Waals surface area (Å²) in [4.78, 5) is 19.8. The third-order valence-electron chi connectivity index (χ3n) is 5.49. The van der Waals surface area contributed by atoms with Gasteiger partial charge in [0.1, 0.15) is 12.0 Å². The Labute approximate surface area is 192 Å². The van der Waals surface area contributed by atoms with Gasteiger partial charge in [0.15, 0.2) is 22.4 Å². The van der Waals surface area contributed by atoms with E-state index in [-0.39, 0.29) is 22.7 Å². The number of hydrogen-bond acceptors (Lipinski definition) is 7. The van der Waals surface area contributed by atoms with Crippen LogP contribution in [0.4, 0.5) is 0 Å². The molecule has 1 saturated heterocycles. The van der Waals surface area contributed by atoms with Crippen LogP contribution in [0.3, 0.4) is 0 Å². The molecule has 1 amide bonds. The van der Waals surface area contributed by atoms with E-state index in [0.29, 0.717) is 35.9 Å². The summed E-state index contributed by atoms with van der Waals surface area (Å²) in [5, 5.41) is 10.7. The first-order valence-corrected chi connectivity index (χ1v) is 11.5. The molecule has 3 aromatic rings. The lowest BCUT2D eigenvalue weighted by atomic mass is 10.1. The van der Waals surface area contributed by atoms with E-state index in [4.69, 9.17) is 4.74 Å². The largest absolute Gasteiger partial charge is 0.379 e. The first-order chi connectivity index (χ1) is 16.1. The van der Waals surface area contributed by atoms with Crippen LogP contribution in [0.5, 0.6) is 0 Å². The monoisotopic (exact) mass is 466 g/mol. The smallest absolute Gasteiger partial charge is 0.277 e. The second-order valence-electron chi connectivity index (χ2n) is 7.53. The van der Waals surface area contributed by atoms with E-state index in [2.05, 4.69) is 25.6 Å². The number of nitrogens with zero attached hydrogens (tertiary/aromatic N) is 4. The lowest BCUT2D eigenvalue weighted by Crippen LogP contribution is -2.52. The Balaban J connectivity index is 1.38. The standard InChI is InChI=1S/C22H22N6O4S/c29-22(25-19-6-3-7-21(24-19)27-10-12-32-13-11-27)17-14-23-20-9-8-16(26-28(17)20)15-4-1-2-5-18(15)33(30)31/h1-9,14,21,24H,10-13H2,(H,25,29)(H,30,31). The summed E-state index contributed by atoms with van der Waals surface area (Å²) in [6.07, 6.45) is 7.16.